The van der Waals surface area contributed by atoms with Gasteiger partial charge in [0, 0.05) is 25.9 Å². The van der Waals surface area contributed by atoms with Crippen LogP contribution in [0.15, 0.2) is 24.3 Å². The van der Waals surface area contributed by atoms with Crippen LogP contribution >= 0.6 is 0 Å². The number of rotatable bonds is 3. The van der Waals surface area contributed by atoms with Crippen LogP contribution < -0.4 is 4.90 Å². The molecule has 1 atom stereocenters. The lowest BCUT2D eigenvalue weighted by atomic mass is 10.2. The molecule has 0 aliphatic carbocycles. The van der Waals surface area contributed by atoms with Gasteiger partial charge in [0.15, 0.2) is 0 Å². The Bertz CT molecular complexity index is 388. The van der Waals surface area contributed by atoms with E-state index in [2.05, 4.69) is 9.64 Å². The van der Waals surface area contributed by atoms with Crippen LogP contribution in [-0.4, -0.2) is 39.4 Å². The Balaban J connectivity index is 2.06. The zero-order valence-electron chi connectivity index (χ0n) is 10.2. The number of ether oxygens (including phenoxy) is 2. The quantitative estimate of drug-likeness (QED) is 0.747. The molecule has 1 heterocycles. The Labute approximate surface area is 101 Å². The Morgan fingerprint density at radius 2 is 2.00 bits per heavy atom. The molecule has 4 heteroatoms. The second-order valence-electron chi connectivity index (χ2n) is 4.13. The summed E-state index contributed by atoms with van der Waals surface area (Å²) < 4.78 is 9.99. The first kappa shape index (κ1) is 11.9. The van der Waals surface area contributed by atoms with Crippen LogP contribution in [0.4, 0.5) is 5.69 Å². The SMILES string of the molecule is COC(=O)c1ccc(N2CCC(OC)C2)cc1. The third-order valence-electron chi connectivity index (χ3n) is 3.13. The van der Waals surface area contributed by atoms with E-state index in [4.69, 9.17) is 4.74 Å². The molecule has 1 aliphatic rings. The molecule has 1 fully saturated rings. The van der Waals surface area contributed by atoms with Gasteiger partial charge in [0.25, 0.3) is 0 Å². The first-order chi connectivity index (χ1) is 8.24. The lowest BCUT2D eigenvalue weighted by Crippen LogP contribution is -2.22. The molecule has 2 rings (SSSR count). The van der Waals surface area contributed by atoms with E-state index in [1.54, 1.807) is 19.2 Å². The summed E-state index contributed by atoms with van der Waals surface area (Å²) in [4.78, 5) is 13.5. The lowest BCUT2D eigenvalue weighted by Gasteiger charge is -2.18. The molecule has 0 bridgehead atoms. The Hall–Kier alpha value is -1.55. The number of esters is 1. The molecular weight excluding hydrogens is 218 g/mol. The highest BCUT2D eigenvalue weighted by Crippen LogP contribution is 2.22. The normalized spacial score (nSPS) is 19.4. The molecule has 0 aromatic heterocycles. The minimum atomic E-state index is -0.298. The van der Waals surface area contributed by atoms with Gasteiger partial charge in [0.2, 0.25) is 0 Å². The van der Waals surface area contributed by atoms with Crippen LogP contribution in [0.5, 0.6) is 0 Å². The number of carbonyl (C=O) groups is 1. The second-order valence-corrected chi connectivity index (χ2v) is 4.13. The minimum Gasteiger partial charge on any atom is -0.465 e. The van der Waals surface area contributed by atoms with Crippen molar-refractivity contribution in [3.8, 4) is 0 Å². The van der Waals surface area contributed by atoms with Gasteiger partial charge in [0.05, 0.1) is 18.8 Å². The highest BCUT2D eigenvalue weighted by Gasteiger charge is 2.22. The van der Waals surface area contributed by atoms with E-state index < -0.39 is 0 Å². The summed E-state index contributed by atoms with van der Waals surface area (Å²) in [5.41, 5.74) is 1.70. The Morgan fingerprint density at radius 1 is 1.29 bits per heavy atom. The van der Waals surface area contributed by atoms with Gasteiger partial charge in [-0.1, -0.05) is 0 Å². The van der Waals surface area contributed by atoms with Crippen molar-refractivity contribution in [2.75, 3.05) is 32.2 Å². The van der Waals surface area contributed by atoms with E-state index in [1.807, 2.05) is 12.1 Å². The molecular formula is C13H17NO3. The summed E-state index contributed by atoms with van der Waals surface area (Å²) in [7, 11) is 3.13. The fourth-order valence-corrected chi connectivity index (χ4v) is 2.08. The largest absolute Gasteiger partial charge is 0.465 e. The van der Waals surface area contributed by atoms with Crippen molar-refractivity contribution < 1.29 is 14.3 Å². The van der Waals surface area contributed by atoms with Gasteiger partial charge in [-0.05, 0) is 30.7 Å². The summed E-state index contributed by atoms with van der Waals surface area (Å²) in [5.74, 6) is -0.298. The second kappa shape index (κ2) is 5.19. The number of anilines is 1. The number of methoxy groups -OCH3 is 2. The average molecular weight is 235 g/mol. The van der Waals surface area contributed by atoms with Gasteiger partial charge >= 0.3 is 5.97 Å². The van der Waals surface area contributed by atoms with Crippen LogP contribution in [0, 0.1) is 0 Å². The van der Waals surface area contributed by atoms with Crippen molar-refractivity contribution in [1.82, 2.24) is 0 Å². The third kappa shape index (κ3) is 2.58. The number of hydrogen-bond donors (Lipinski definition) is 0. The standard InChI is InChI=1S/C13H17NO3/c1-16-12-7-8-14(9-12)11-5-3-10(4-6-11)13(15)17-2/h3-6,12H,7-9H2,1-2H3. The number of hydrogen-bond acceptors (Lipinski definition) is 4. The highest BCUT2D eigenvalue weighted by atomic mass is 16.5. The van der Waals surface area contributed by atoms with Crippen LogP contribution in [0.3, 0.4) is 0 Å². The van der Waals surface area contributed by atoms with Crippen LogP contribution in [0.2, 0.25) is 0 Å². The molecule has 1 aromatic rings. The van der Waals surface area contributed by atoms with E-state index in [0.717, 1.165) is 25.2 Å². The lowest BCUT2D eigenvalue weighted by molar-refractivity contribution is 0.0600. The van der Waals surface area contributed by atoms with E-state index in [-0.39, 0.29) is 5.97 Å². The van der Waals surface area contributed by atoms with Crippen molar-refractivity contribution in [2.45, 2.75) is 12.5 Å². The molecule has 17 heavy (non-hydrogen) atoms. The van der Waals surface area contributed by atoms with Gasteiger partial charge in [-0.15, -0.1) is 0 Å². The zero-order valence-corrected chi connectivity index (χ0v) is 10.2. The van der Waals surface area contributed by atoms with Gasteiger partial charge in [0.1, 0.15) is 0 Å². The topological polar surface area (TPSA) is 38.8 Å². The number of benzene rings is 1. The van der Waals surface area contributed by atoms with E-state index in [9.17, 15) is 4.79 Å². The van der Waals surface area contributed by atoms with Gasteiger partial charge < -0.3 is 14.4 Å². The van der Waals surface area contributed by atoms with E-state index in [0.29, 0.717) is 11.7 Å². The predicted molar refractivity (Wildman–Crippen MR) is 65.4 cm³/mol. The molecule has 1 aliphatic heterocycles. The fourth-order valence-electron chi connectivity index (χ4n) is 2.08. The number of carbonyl (C=O) groups excluding carboxylic acids is 1. The minimum absolute atomic E-state index is 0.298. The Kier molecular flexibility index (Phi) is 3.64. The predicted octanol–water partition coefficient (Wildman–Crippen LogP) is 1.70. The smallest absolute Gasteiger partial charge is 0.337 e. The maximum absolute atomic E-state index is 11.3. The molecule has 0 spiro atoms. The molecule has 0 amide bonds. The monoisotopic (exact) mass is 235 g/mol. The summed E-state index contributed by atoms with van der Waals surface area (Å²) in [5, 5.41) is 0. The fraction of sp³-hybridized carbons (Fsp3) is 0.462. The average Bonchev–Trinajstić information content (AvgIpc) is 2.87. The van der Waals surface area contributed by atoms with Crippen molar-refractivity contribution in [2.24, 2.45) is 0 Å². The highest BCUT2D eigenvalue weighted by molar-refractivity contribution is 5.89. The number of nitrogens with zero attached hydrogens (tertiary/aromatic N) is 1. The molecule has 1 saturated heterocycles. The van der Waals surface area contributed by atoms with E-state index >= 15 is 0 Å². The summed E-state index contributed by atoms with van der Waals surface area (Å²) in [6, 6.07) is 7.48. The summed E-state index contributed by atoms with van der Waals surface area (Å²) >= 11 is 0. The summed E-state index contributed by atoms with van der Waals surface area (Å²) in [6.45, 7) is 1.91. The molecule has 4 nitrogen and oxygen atoms in total. The van der Waals surface area contributed by atoms with Crippen molar-refractivity contribution in [1.29, 1.82) is 0 Å². The Morgan fingerprint density at radius 3 is 2.53 bits per heavy atom. The molecule has 1 unspecified atom stereocenters. The van der Waals surface area contributed by atoms with Crippen molar-refractivity contribution >= 4 is 11.7 Å². The van der Waals surface area contributed by atoms with Crippen molar-refractivity contribution in [3.63, 3.8) is 0 Å². The molecule has 92 valence electrons. The zero-order chi connectivity index (χ0) is 12.3. The maximum Gasteiger partial charge on any atom is 0.337 e. The molecule has 0 saturated carbocycles. The van der Waals surface area contributed by atoms with Crippen LogP contribution in [-0.2, 0) is 9.47 Å². The first-order valence-electron chi connectivity index (χ1n) is 5.70. The summed E-state index contributed by atoms with van der Waals surface area (Å²) in [6.07, 6.45) is 1.37. The van der Waals surface area contributed by atoms with E-state index in [1.165, 1.54) is 7.11 Å². The van der Waals surface area contributed by atoms with Gasteiger partial charge in [-0.25, -0.2) is 4.79 Å². The molecule has 0 N–H and O–H groups in total. The van der Waals surface area contributed by atoms with Crippen LogP contribution in [0.25, 0.3) is 0 Å². The first-order valence-corrected chi connectivity index (χ1v) is 5.70. The third-order valence-corrected chi connectivity index (χ3v) is 3.13. The van der Waals surface area contributed by atoms with Crippen molar-refractivity contribution in [3.05, 3.63) is 29.8 Å². The van der Waals surface area contributed by atoms with Gasteiger partial charge in [-0.3, -0.25) is 0 Å². The molecule has 1 aromatic carbocycles. The van der Waals surface area contributed by atoms with Gasteiger partial charge in [-0.2, -0.15) is 0 Å². The van der Waals surface area contributed by atoms with Crippen LogP contribution in [0.1, 0.15) is 16.8 Å². The maximum atomic E-state index is 11.3. The molecule has 0 radical (unpaired) electrons.